The number of Topliss-reactive ketones (excluding diaryl/α,β-unsaturated/α-hetero) is 1. The molecule has 1 spiro atoms. The van der Waals surface area contributed by atoms with E-state index >= 15 is 0 Å². The average molecular weight is 411 g/mol. The summed E-state index contributed by atoms with van der Waals surface area (Å²) in [5.41, 5.74) is 0.0342. The van der Waals surface area contributed by atoms with E-state index in [1.807, 2.05) is 36.4 Å². The lowest BCUT2D eigenvalue weighted by atomic mass is 9.64. The zero-order valence-electron chi connectivity index (χ0n) is 16.1. The normalized spacial score (nSPS) is 30.1. The van der Waals surface area contributed by atoms with Gasteiger partial charge in [-0.2, -0.15) is 13.2 Å². The zero-order chi connectivity index (χ0) is 21.1. The fraction of sp³-hybridized carbons (Fsp3) is 0.333. The molecule has 1 heterocycles. The van der Waals surface area contributed by atoms with Crippen molar-refractivity contribution in [1.29, 1.82) is 0 Å². The third kappa shape index (κ3) is 2.73. The number of benzene rings is 2. The van der Waals surface area contributed by atoms with Gasteiger partial charge in [-0.1, -0.05) is 54.6 Å². The molecule has 2 fully saturated rings. The van der Waals surface area contributed by atoms with Crippen molar-refractivity contribution in [2.24, 2.45) is 17.3 Å². The first-order valence-electron chi connectivity index (χ1n) is 10.0. The fourth-order valence-electron chi connectivity index (χ4n) is 5.65. The molecular weight excluding hydrogens is 391 g/mol. The predicted octanol–water partition coefficient (Wildman–Crippen LogP) is 4.59. The summed E-state index contributed by atoms with van der Waals surface area (Å²) in [7, 11) is 0. The van der Waals surface area contributed by atoms with Crippen molar-refractivity contribution >= 4 is 11.7 Å². The molecule has 6 heteroatoms. The second-order valence-electron chi connectivity index (χ2n) is 8.50. The van der Waals surface area contributed by atoms with Crippen LogP contribution in [0.5, 0.6) is 0 Å². The Hall–Kier alpha value is -2.89. The molecule has 5 rings (SSSR count). The quantitative estimate of drug-likeness (QED) is 0.547. The minimum atomic E-state index is -4.41. The van der Waals surface area contributed by atoms with Gasteiger partial charge in [0.1, 0.15) is 0 Å². The molecule has 0 aromatic heterocycles. The van der Waals surface area contributed by atoms with Crippen molar-refractivity contribution in [3.05, 3.63) is 83.4 Å². The van der Waals surface area contributed by atoms with Crippen molar-refractivity contribution in [3.8, 4) is 0 Å². The Labute approximate surface area is 172 Å². The topological polar surface area (TPSA) is 37.4 Å². The van der Waals surface area contributed by atoms with Crippen LogP contribution in [0.25, 0.3) is 0 Å². The average Bonchev–Trinajstić information content (AvgIpc) is 3.38. The summed E-state index contributed by atoms with van der Waals surface area (Å²) in [6, 6.07) is 14.6. The van der Waals surface area contributed by atoms with Crippen LogP contribution in [0.15, 0.2) is 66.7 Å². The van der Waals surface area contributed by atoms with Crippen molar-refractivity contribution in [3.63, 3.8) is 0 Å². The highest BCUT2D eigenvalue weighted by molar-refractivity contribution is 6.40. The van der Waals surface area contributed by atoms with Crippen molar-refractivity contribution in [1.82, 2.24) is 4.90 Å². The van der Waals surface area contributed by atoms with E-state index in [2.05, 4.69) is 6.08 Å². The van der Waals surface area contributed by atoms with Gasteiger partial charge in [0.2, 0.25) is 5.78 Å². The maximum atomic E-state index is 13.3. The summed E-state index contributed by atoms with van der Waals surface area (Å²) in [5.74, 6) is -1.18. The maximum Gasteiger partial charge on any atom is 0.416 e. The number of rotatable bonds is 3. The summed E-state index contributed by atoms with van der Waals surface area (Å²) >= 11 is 0. The molecule has 1 aliphatic heterocycles. The Morgan fingerprint density at radius 2 is 1.67 bits per heavy atom. The highest BCUT2D eigenvalue weighted by Gasteiger charge is 2.66. The third-order valence-corrected chi connectivity index (χ3v) is 6.93. The number of carbonyl (C=O) groups is 2. The first-order valence-corrected chi connectivity index (χ1v) is 10.0. The largest absolute Gasteiger partial charge is 0.416 e. The van der Waals surface area contributed by atoms with Crippen LogP contribution in [0.1, 0.15) is 29.0 Å². The standard InChI is InChI=1S/C24H20F3NO2/c25-24(26,27)18-9-6-16(7-10-18)20-17-8-11-19(12-17)23(20)14-28(22(30)21(23)29)13-15-4-2-1-3-5-15/h1-11,17,19-20H,12-14H2/t17-,19+,20-,23-/m1/s1. The molecule has 4 atom stereocenters. The highest BCUT2D eigenvalue weighted by atomic mass is 19.4. The summed E-state index contributed by atoms with van der Waals surface area (Å²) in [6.45, 7) is 0.657. The maximum absolute atomic E-state index is 13.3. The Kier molecular flexibility index (Phi) is 4.17. The SMILES string of the molecule is O=C1C(=O)[C@@]2(CN1Cc1ccccc1)[C@H](c1ccc(C(F)(F)F)cc1)[C@@H]1C=C[C@H]2C1. The van der Waals surface area contributed by atoms with Crippen LogP contribution in [0.2, 0.25) is 0 Å². The van der Waals surface area contributed by atoms with E-state index in [1.54, 1.807) is 4.90 Å². The Balaban J connectivity index is 1.51. The number of amides is 1. The summed E-state index contributed by atoms with van der Waals surface area (Å²) < 4.78 is 39.0. The zero-order valence-corrected chi connectivity index (χ0v) is 16.1. The first kappa shape index (κ1) is 19.1. The minimum absolute atomic E-state index is 0.0557. The third-order valence-electron chi connectivity index (χ3n) is 6.93. The molecule has 3 nitrogen and oxygen atoms in total. The molecule has 0 N–H and O–H groups in total. The molecular formula is C24H20F3NO2. The smallest absolute Gasteiger partial charge is 0.331 e. The van der Waals surface area contributed by atoms with Crippen molar-refractivity contribution < 1.29 is 22.8 Å². The monoisotopic (exact) mass is 411 g/mol. The molecule has 3 aliphatic rings. The number of hydrogen-bond donors (Lipinski definition) is 0. The fourth-order valence-corrected chi connectivity index (χ4v) is 5.65. The van der Waals surface area contributed by atoms with Gasteiger partial charge in [0, 0.05) is 19.0 Å². The molecule has 0 radical (unpaired) electrons. The number of halogens is 3. The van der Waals surface area contributed by atoms with E-state index in [0.29, 0.717) is 18.7 Å². The minimum Gasteiger partial charge on any atom is -0.331 e. The number of hydrogen-bond acceptors (Lipinski definition) is 2. The van der Waals surface area contributed by atoms with Crippen LogP contribution in [0, 0.1) is 17.3 Å². The molecule has 2 aromatic rings. The van der Waals surface area contributed by atoms with Crippen LogP contribution >= 0.6 is 0 Å². The lowest BCUT2D eigenvalue weighted by Gasteiger charge is -2.37. The van der Waals surface area contributed by atoms with E-state index in [4.69, 9.17) is 0 Å². The number of carbonyl (C=O) groups excluding carboxylic acids is 2. The Morgan fingerprint density at radius 3 is 2.33 bits per heavy atom. The van der Waals surface area contributed by atoms with Crippen LogP contribution in [-0.2, 0) is 22.3 Å². The molecule has 1 saturated carbocycles. The number of fused-ring (bicyclic) bond motifs is 3. The van der Waals surface area contributed by atoms with Gasteiger partial charge in [0.15, 0.2) is 0 Å². The second kappa shape index (κ2) is 6.56. The van der Waals surface area contributed by atoms with Gasteiger partial charge in [0.25, 0.3) is 5.91 Å². The number of allylic oxidation sites excluding steroid dienone is 2. The molecule has 2 bridgehead atoms. The van der Waals surface area contributed by atoms with Crippen LogP contribution in [0.4, 0.5) is 13.2 Å². The molecule has 154 valence electrons. The number of ketones is 1. The van der Waals surface area contributed by atoms with E-state index in [9.17, 15) is 22.8 Å². The summed E-state index contributed by atoms with van der Waals surface area (Å²) in [4.78, 5) is 27.8. The van der Waals surface area contributed by atoms with E-state index < -0.39 is 28.8 Å². The molecule has 1 amide bonds. The first-order chi connectivity index (χ1) is 14.3. The number of nitrogens with zero attached hydrogens (tertiary/aromatic N) is 1. The van der Waals surface area contributed by atoms with E-state index in [1.165, 1.54) is 12.1 Å². The van der Waals surface area contributed by atoms with Gasteiger partial charge in [-0.15, -0.1) is 0 Å². The summed E-state index contributed by atoms with van der Waals surface area (Å²) in [5, 5.41) is 0. The molecule has 2 aromatic carbocycles. The highest BCUT2D eigenvalue weighted by Crippen LogP contribution is 2.63. The molecule has 2 aliphatic carbocycles. The second-order valence-corrected chi connectivity index (χ2v) is 8.50. The van der Waals surface area contributed by atoms with Crippen LogP contribution in [0.3, 0.4) is 0 Å². The lowest BCUT2D eigenvalue weighted by Crippen LogP contribution is -2.41. The Bertz CT molecular complexity index is 1030. The van der Waals surface area contributed by atoms with E-state index in [-0.39, 0.29) is 17.8 Å². The lowest BCUT2D eigenvalue weighted by molar-refractivity contribution is -0.143. The van der Waals surface area contributed by atoms with E-state index in [0.717, 1.165) is 24.1 Å². The van der Waals surface area contributed by atoms with Gasteiger partial charge < -0.3 is 4.90 Å². The van der Waals surface area contributed by atoms with Gasteiger partial charge in [0.05, 0.1) is 11.0 Å². The molecule has 30 heavy (non-hydrogen) atoms. The Morgan fingerprint density at radius 1 is 0.967 bits per heavy atom. The number of likely N-dealkylation sites (tertiary alicyclic amines) is 1. The predicted molar refractivity (Wildman–Crippen MR) is 104 cm³/mol. The van der Waals surface area contributed by atoms with Crippen LogP contribution in [-0.4, -0.2) is 23.1 Å². The van der Waals surface area contributed by atoms with Gasteiger partial charge in [-0.25, -0.2) is 0 Å². The van der Waals surface area contributed by atoms with Crippen LogP contribution < -0.4 is 0 Å². The molecule has 1 saturated heterocycles. The van der Waals surface area contributed by atoms with Gasteiger partial charge in [-0.3, -0.25) is 9.59 Å². The van der Waals surface area contributed by atoms with Gasteiger partial charge >= 0.3 is 6.18 Å². The van der Waals surface area contributed by atoms with Crippen molar-refractivity contribution in [2.45, 2.75) is 25.1 Å². The van der Waals surface area contributed by atoms with Gasteiger partial charge in [-0.05, 0) is 41.5 Å². The number of alkyl halides is 3. The van der Waals surface area contributed by atoms with Crippen molar-refractivity contribution in [2.75, 3.05) is 6.54 Å². The molecule has 0 unspecified atom stereocenters. The summed E-state index contributed by atoms with van der Waals surface area (Å²) in [6.07, 6.45) is 0.415.